The monoisotopic (exact) mass is 318 g/mol. The fourth-order valence-corrected chi connectivity index (χ4v) is 3.74. The van der Waals surface area contributed by atoms with Crippen LogP contribution in [0.3, 0.4) is 0 Å². The minimum Gasteiger partial charge on any atom is -0.468 e. The number of para-hydroxylation sites is 1. The van der Waals surface area contributed by atoms with E-state index >= 15 is 0 Å². The minimum atomic E-state index is -4.13. The Morgan fingerprint density at radius 1 is 1.52 bits per heavy atom. The van der Waals surface area contributed by atoms with E-state index in [9.17, 15) is 17.6 Å². The molecule has 0 amide bonds. The Morgan fingerprint density at radius 3 is 2.90 bits per heavy atom. The summed E-state index contributed by atoms with van der Waals surface area (Å²) in [7, 11) is -2.98. The Kier molecular flexibility index (Phi) is 4.45. The number of hydrogen-bond donors (Lipinski definition) is 1. The van der Waals surface area contributed by atoms with Gasteiger partial charge in [-0.05, 0) is 12.1 Å². The van der Waals surface area contributed by atoms with E-state index in [-0.39, 0.29) is 24.7 Å². The van der Waals surface area contributed by atoms with Crippen LogP contribution in [0.4, 0.5) is 10.1 Å². The van der Waals surface area contributed by atoms with Crippen LogP contribution >= 0.6 is 0 Å². The summed E-state index contributed by atoms with van der Waals surface area (Å²) in [4.78, 5) is 11.3. The fraction of sp³-hybridized carbons (Fsp3) is 0.417. The second-order valence-corrected chi connectivity index (χ2v) is 6.24. The highest BCUT2D eigenvalue weighted by Crippen LogP contribution is 2.27. The van der Waals surface area contributed by atoms with Crippen molar-refractivity contribution >= 4 is 21.7 Å². The van der Waals surface area contributed by atoms with E-state index < -0.39 is 33.5 Å². The lowest BCUT2D eigenvalue weighted by Crippen LogP contribution is -2.52. The Labute approximate surface area is 121 Å². The molecule has 1 saturated heterocycles. The van der Waals surface area contributed by atoms with Gasteiger partial charge in [-0.1, -0.05) is 6.07 Å². The lowest BCUT2D eigenvalue weighted by molar-refractivity contribution is -0.149. The molecule has 0 spiro atoms. The number of anilines is 1. The van der Waals surface area contributed by atoms with Gasteiger partial charge in [0.05, 0.1) is 26.0 Å². The highest BCUT2D eigenvalue weighted by atomic mass is 32.2. The molecule has 1 unspecified atom stereocenters. The number of nitrogens with two attached hydrogens (primary N) is 1. The molecule has 2 N–H and O–H groups in total. The second-order valence-electron chi connectivity index (χ2n) is 4.38. The number of carbonyl (C=O) groups is 1. The normalized spacial score (nSPS) is 20.2. The number of esters is 1. The van der Waals surface area contributed by atoms with E-state index in [2.05, 4.69) is 4.74 Å². The first-order valence-corrected chi connectivity index (χ1v) is 7.55. The van der Waals surface area contributed by atoms with Crippen molar-refractivity contribution in [2.45, 2.75) is 10.9 Å². The van der Waals surface area contributed by atoms with E-state index in [1.807, 2.05) is 0 Å². The molecule has 0 aromatic heterocycles. The predicted molar refractivity (Wildman–Crippen MR) is 71.3 cm³/mol. The minimum absolute atomic E-state index is 0.0436. The molecule has 0 aliphatic carbocycles. The van der Waals surface area contributed by atoms with E-state index in [4.69, 9.17) is 10.5 Å². The molecule has 1 heterocycles. The molecule has 0 bridgehead atoms. The number of rotatable bonds is 3. The highest BCUT2D eigenvalue weighted by Gasteiger charge is 2.40. The molecule has 1 atom stereocenters. The summed E-state index contributed by atoms with van der Waals surface area (Å²) in [5.74, 6) is -1.58. The molecular weight excluding hydrogens is 303 g/mol. The van der Waals surface area contributed by atoms with Crippen LogP contribution in [0.15, 0.2) is 23.1 Å². The van der Waals surface area contributed by atoms with Gasteiger partial charge >= 0.3 is 5.97 Å². The first-order valence-electron chi connectivity index (χ1n) is 6.11. The summed E-state index contributed by atoms with van der Waals surface area (Å²) in [6.07, 6.45) is 0. The van der Waals surface area contributed by atoms with Crippen LogP contribution in [0.25, 0.3) is 0 Å². The number of sulfonamides is 1. The van der Waals surface area contributed by atoms with Gasteiger partial charge in [0.15, 0.2) is 0 Å². The summed E-state index contributed by atoms with van der Waals surface area (Å²) in [6.45, 7) is -0.0406. The van der Waals surface area contributed by atoms with Gasteiger partial charge in [-0.25, -0.2) is 12.8 Å². The molecule has 1 fully saturated rings. The molecular formula is C12H15FN2O5S. The van der Waals surface area contributed by atoms with Crippen molar-refractivity contribution in [3.8, 4) is 0 Å². The molecule has 1 aliphatic rings. The standard InChI is InChI=1S/C12H15FN2O5S/c1-19-12(16)9-7-20-6-5-15(9)21(17,18)10-4-2-3-8(13)11(10)14/h2-4,9H,5-7,14H2,1H3. The molecule has 116 valence electrons. The van der Waals surface area contributed by atoms with Crippen molar-refractivity contribution in [1.82, 2.24) is 4.31 Å². The lowest BCUT2D eigenvalue weighted by Gasteiger charge is -2.32. The van der Waals surface area contributed by atoms with E-state index in [0.29, 0.717) is 0 Å². The average Bonchev–Trinajstić information content (AvgIpc) is 2.49. The van der Waals surface area contributed by atoms with Crippen LogP contribution in [-0.2, 0) is 24.3 Å². The van der Waals surface area contributed by atoms with Gasteiger partial charge < -0.3 is 15.2 Å². The Balaban J connectivity index is 2.46. The van der Waals surface area contributed by atoms with Crippen LogP contribution in [0, 0.1) is 5.82 Å². The van der Waals surface area contributed by atoms with Crippen molar-refractivity contribution in [1.29, 1.82) is 0 Å². The molecule has 0 saturated carbocycles. The number of carbonyl (C=O) groups excluding carboxylic acids is 1. The van der Waals surface area contributed by atoms with Gasteiger partial charge in [0, 0.05) is 6.54 Å². The van der Waals surface area contributed by atoms with Crippen molar-refractivity contribution in [2.75, 3.05) is 32.6 Å². The number of morpholine rings is 1. The molecule has 0 radical (unpaired) electrons. The SMILES string of the molecule is COC(=O)C1COCCN1S(=O)(=O)c1cccc(F)c1N. The van der Waals surface area contributed by atoms with Gasteiger partial charge in [0.1, 0.15) is 16.8 Å². The second kappa shape index (κ2) is 5.96. The lowest BCUT2D eigenvalue weighted by atomic mass is 10.3. The summed E-state index contributed by atoms with van der Waals surface area (Å²) in [6, 6.07) is 2.38. The topological polar surface area (TPSA) is 98.9 Å². The summed E-state index contributed by atoms with van der Waals surface area (Å²) in [5.41, 5.74) is 5.02. The number of halogens is 1. The van der Waals surface area contributed by atoms with Crippen LogP contribution in [0.2, 0.25) is 0 Å². The van der Waals surface area contributed by atoms with Crippen LogP contribution in [-0.4, -0.2) is 51.6 Å². The summed E-state index contributed by atoms with van der Waals surface area (Å²) >= 11 is 0. The van der Waals surface area contributed by atoms with Gasteiger partial charge in [0.2, 0.25) is 10.0 Å². The third-order valence-corrected chi connectivity index (χ3v) is 5.12. The maximum atomic E-state index is 13.5. The predicted octanol–water partition coefficient (Wildman–Crippen LogP) is -0.0296. The maximum absolute atomic E-state index is 13.5. The molecule has 1 aliphatic heterocycles. The molecule has 21 heavy (non-hydrogen) atoms. The van der Waals surface area contributed by atoms with Gasteiger partial charge in [-0.15, -0.1) is 0 Å². The zero-order chi connectivity index (χ0) is 15.6. The van der Waals surface area contributed by atoms with Crippen molar-refractivity contribution in [3.05, 3.63) is 24.0 Å². The van der Waals surface area contributed by atoms with Gasteiger partial charge in [-0.2, -0.15) is 4.31 Å². The number of nitrogens with zero attached hydrogens (tertiary/aromatic N) is 1. The Hall–Kier alpha value is -1.71. The Morgan fingerprint density at radius 2 is 2.24 bits per heavy atom. The van der Waals surface area contributed by atoms with Crippen molar-refractivity contribution in [3.63, 3.8) is 0 Å². The van der Waals surface area contributed by atoms with E-state index in [1.165, 1.54) is 12.1 Å². The zero-order valence-corrected chi connectivity index (χ0v) is 12.1. The molecule has 1 aromatic carbocycles. The summed E-state index contributed by atoms with van der Waals surface area (Å²) < 4.78 is 49.3. The maximum Gasteiger partial charge on any atom is 0.326 e. The molecule has 2 rings (SSSR count). The first kappa shape index (κ1) is 15.7. The summed E-state index contributed by atoms with van der Waals surface area (Å²) in [5, 5.41) is 0. The quantitative estimate of drug-likeness (QED) is 0.621. The largest absolute Gasteiger partial charge is 0.468 e. The number of hydrogen-bond acceptors (Lipinski definition) is 6. The molecule has 7 nitrogen and oxygen atoms in total. The van der Waals surface area contributed by atoms with Crippen LogP contribution in [0.1, 0.15) is 0 Å². The first-order chi connectivity index (χ1) is 9.89. The zero-order valence-electron chi connectivity index (χ0n) is 11.3. The third-order valence-electron chi connectivity index (χ3n) is 3.15. The fourth-order valence-electron chi connectivity index (χ4n) is 2.07. The van der Waals surface area contributed by atoms with Crippen molar-refractivity contribution in [2.24, 2.45) is 0 Å². The van der Waals surface area contributed by atoms with Crippen LogP contribution < -0.4 is 5.73 Å². The van der Waals surface area contributed by atoms with Gasteiger partial charge in [-0.3, -0.25) is 4.79 Å². The Bertz CT molecular complexity index is 649. The third kappa shape index (κ3) is 2.85. The number of nitrogen functional groups attached to an aromatic ring is 1. The number of benzene rings is 1. The highest BCUT2D eigenvalue weighted by molar-refractivity contribution is 7.89. The van der Waals surface area contributed by atoms with E-state index in [0.717, 1.165) is 17.5 Å². The smallest absolute Gasteiger partial charge is 0.326 e. The van der Waals surface area contributed by atoms with Crippen LogP contribution in [0.5, 0.6) is 0 Å². The van der Waals surface area contributed by atoms with E-state index in [1.54, 1.807) is 0 Å². The number of ether oxygens (including phenoxy) is 2. The number of methoxy groups -OCH3 is 1. The van der Waals surface area contributed by atoms with Crippen molar-refractivity contribution < 1.29 is 27.1 Å². The molecule has 1 aromatic rings. The average molecular weight is 318 g/mol. The van der Waals surface area contributed by atoms with Gasteiger partial charge in [0.25, 0.3) is 0 Å². The molecule has 9 heteroatoms.